The number of nitrogens with zero attached hydrogens (tertiary/aromatic N) is 1. The minimum Gasteiger partial charge on any atom is -0.473 e. The lowest BCUT2D eigenvalue weighted by Crippen LogP contribution is -2.32. The Labute approximate surface area is 143 Å². The Morgan fingerprint density at radius 2 is 1.79 bits per heavy atom. The highest BCUT2D eigenvalue weighted by atomic mass is 16.5. The third kappa shape index (κ3) is 4.91. The third-order valence-electron chi connectivity index (χ3n) is 3.80. The molecule has 0 saturated heterocycles. The molecule has 0 aliphatic heterocycles. The van der Waals surface area contributed by atoms with Gasteiger partial charge in [-0.25, -0.2) is 4.79 Å². The Morgan fingerprint density at radius 1 is 1.08 bits per heavy atom. The molecule has 0 saturated carbocycles. The van der Waals surface area contributed by atoms with E-state index in [2.05, 4.69) is 35.4 Å². The number of nitrogens with one attached hydrogen (secondary N) is 2. The summed E-state index contributed by atoms with van der Waals surface area (Å²) >= 11 is 0. The fourth-order valence-corrected chi connectivity index (χ4v) is 2.44. The molecular weight excluding hydrogens is 302 g/mol. The molecule has 5 heteroatoms. The molecule has 128 valence electrons. The highest BCUT2D eigenvalue weighted by Crippen LogP contribution is 2.22. The number of para-hydroxylation sites is 1. The van der Waals surface area contributed by atoms with E-state index in [1.54, 1.807) is 0 Å². The molecule has 24 heavy (non-hydrogen) atoms. The normalized spacial score (nSPS) is 10.1. The lowest BCUT2D eigenvalue weighted by molar-refractivity contribution is 0.234. The number of benzene rings is 2. The summed E-state index contributed by atoms with van der Waals surface area (Å²) in [6.07, 6.45) is 0. The van der Waals surface area contributed by atoms with Crippen molar-refractivity contribution in [1.82, 2.24) is 5.32 Å². The van der Waals surface area contributed by atoms with Gasteiger partial charge in [0.1, 0.15) is 5.75 Å². The van der Waals surface area contributed by atoms with Crippen LogP contribution < -0.4 is 20.3 Å². The SMILES string of the molecule is CCN(CC)c1ccc(NC(=O)NCOc2ccccc2)c(C)c1. The van der Waals surface area contributed by atoms with E-state index in [-0.39, 0.29) is 12.8 Å². The Hall–Kier alpha value is -2.69. The topological polar surface area (TPSA) is 53.6 Å². The second-order valence-electron chi connectivity index (χ2n) is 5.40. The van der Waals surface area contributed by atoms with Crippen molar-refractivity contribution in [2.24, 2.45) is 0 Å². The number of aryl methyl sites for hydroxylation is 1. The summed E-state index contributed by atoms with van der Waals surface area (Å²) in [4.78, 5) is 14.2. The standard InChI is InChI=1S/C19H25N3O2/c1-4-22(5-2)16-11-12-18(15(3)13-16)21-19(23)20-14-24-17-9-7-6-8-10-17/h6-13H,4-5,14H2,1-3H3,(H2,20,21,23). The van der Waals surface area contributed by atoms with E-state index >= 15 is 0 Å². The van der Waals surface area contributed by atoms with Gasteiger partial charge in [-0.15, -0.1) is 0 Å². The molecule has 0 atom stereocenters. The molecule has 0 aliphatic carbocycles. The van der Waals surface area contributed by atoms with Gasteiger partial charge in [0, 0.05) is 24.5 Å². The van der Waals surface area contributed by atoms with E-state index in [0.29, 0.717) is 0 Å². The molecule has 2 N–H and O–H groups in total. The predicted molar refractivity (Wildman–Crippen MR) is 98.8 cm³/mol. The first-order chi connectivity index (χ1) is 11.6. The van der Waals surface area contributed by atoms with Crippen LogP contribution in [0.2, 0.25) is 0 Å². The minimum atomic E-state index is -0.287. The average molecular weight is 327 g/mol. The van der Waals surface area contributed by atoms with Crippen molar-refractivity contribution in [2.75, 3.05) is 30.0 Å². The van der Waals surface area contributed by atoms with Crippen molar-refractivity contribution in [3.8, 4) is 5.75 Å². The molecule has 0 aliphatic rings. The molecule has 0 unspecified atom stereocenters. The monoisotopic (exact) mass is 327 g/mol. The van der Waals surface area contributed by atoms with Gasteiger partial charge in [-0.3, -0.25) is 0 Å². The van der Waals surface area contributed by atoms with Gasteiger partial charge in [0.2, 0.25) is 0 Å². The maximum atomic E-state index is 12.0. The minimum absolute atomic E-state index is 0.117. The predicted octanol–water partition coefficient (Wildman–Crippen LogP) is 4.00. The summed E-state index contributed by atoms with van der Waals surface area (Å²) in [5.41, 5.74) is 2.98. The van der Waals surface area contributed by atoms with Gasteiger partial charge in [-0.2, -0.15) is 0 Å². The van der Waals surface area contributed by atoms with Crippen molar-refractivity contribution in [3.05, 3.63) is 54.1 Å². The lowest BCUT2D eigenvalue weighted by atomic mass is 10.1. The largest absolute Gasteiger partial charge is 0.473 e. The van der Waals surface area contributed by atoms with Crippen LogP contribution in [0, 0.1) is 6.92 Å². The second kappa shape index (κ2) is 8.82. The zero-order valence-corrected chi connectivity index (χ0v) is 14.5. The quantitative estimate of drug-likeness (QED) is 0.756. The molecule has 0 fully saturated rings. The highest BCUT2D eigenvalue weighted by molar-refractivity contribution is 5.90. The molecule has 0 radical (unpaired) electrons. The molecular formula is C19H25N3O2. The van der Waals surface area contributed by atoms with Gasteiger partial charge >= 0.3 is 6.03 Å². The number of amides is 2. The van der Waals surface area contributed by atoms with E-state index < -0.39 is 0 Å². The summed E-state index contributed by atoms with van der Waals surface area (Å²) in [6.45, 7) is 8.28. The zero-order chi connectivity index (χ0) is 17.4. The van der Waals surface area contributed by atoms with Gasteiger partial charge in [-0.05, 0) is 56.7 Å². The number of hydrogen-bond acceptors (Lipinski definition) is 3. The number of carbonyl (C=O) groups excluding carboxylic acids is 1. The van der Waals surface area contributed by atoms with Gasteiger partial charge in [0.25, 0.3) is 0 Å². The molecule has 0 aromatic heterocycles. The van der Waals surface area contributed by atoms with Crippen molar-refractivity contribution >= 4 is 17.4 Å². The number of carbonyl (C=O) groups is 1. The maximum absolute atomic E-state index is 12.0. The zero-order valence-electron chi connectivity index (χ0n) is 14.5. The van der Waals surface area contributed by atoms with Crippen LogP contribution >= 0.6 is 0 Å². The van der Waals surface area contributed by atoms with Gasteiger partial charge in [0.05, 0.1) is 0 Å². The molecule has 0 bridgehead atoms. The lowest BCUT2D eigenvalue weighted by Gasteiger charge is -2.22. The van der Waals surface area contributed by atoms with Crippen LogP contribution in [-0.4, -0.2) is 25.9 Å². The van der Waals surface area contributed by atoms with E-state index in [1.165, 1.54) is 0 Å². The van der Waals surface area contributed by atoms with Crippen LogP contribution in [0.5, 0.6) is 5.75 Å². The molecule has 2 amide bonds. The summed E-state index contributed by atoms with van der Waals surface area (Å²) in [7, 11) is 0. The van der Waals surface area contributed by atoms with E-state index in [0.717, 1.165) is 35.8 Å². The van der Waals surface area contributed by atoms with Gasteiger partial charge < -0.3 is 20.3 Å². The molecule has 0 heterocycles. The fraction of sp³-hybridized carbons (Fsp3) is 0.316. The van der Waals surface area contributed by atoms with Crippen LogP contribution in [0.1, 0.15) is 19.4 Å². The number of rotatable bonds is 7. The van der Waals surface area contributed by atoms with Gasteiger partial charge in [0.15, 0.2) is 6.73 Å². The van der Waals surface area contributed by atoms with E-state index in [9.17, 15) is 4.79 Å². The number of hydrogen-bond donors (Lipinski definition) is 2. The maximum Gasteiger partial charge on any atom is 0.321 e. The van der Waals surface area contributed by atoms with E-state index in [1.807, 2.05) is 49.4 Å². The van der Waals surface area contributed by atoms with Crippen molar-refractivity contribution in [2.45, 2.75) is 20.8 Å². The molecule has 2 aromatic carbocycles. The third-order valence-corrected chi connectivity index (χ3v) is 3.80. The Balaban J connectivity index is 1.87. The fourth-order valence-electron chi connectivity index (χ4n) is 2.44. The first-order valence-electron chi connectivity index (χ1n) is 8.22. The van der Waals surface area contributed by atoms with Crippen molar-refractivity contribution in [1.29, 1.82) is 0 Å². The molecule has 2 aromatic rings. The smallest absolute Gasteiger partial charge is 0.321 e. The number of urea groups is 1. The van der Waals surface area contributed by atoms with E-state index in [4.69, 9.17) is 4.74 Å². The molecule has 0 spiro atoms. The molecule has 5 nitrogen and oxygen atoms in total. The Morgan fingerprint density at radius 3 is 2.42 bits per heavy atom. The summed E-state index contributed by atoms with van der Waals surface area (Å²) < 4.78 is 5.45. The second-order valence-corrected chi connectivity index (χ2v) is 5.40. The Kier molecular flexibility index (Phi) is 6.49. The number of ether oxygens (including phenoxy) is 1. The average Bonchev–Trinajstić information content (AvgIpc) is 2.59. The van der Waals surface area contributed by atoms with Crippen molar-refractivity contribution in [3.63, 3.8) is 0 Å². The summed E-state index contributed by atoms with van der Waals surface area (Å²) in [5.74, 6) is 0.720. The molecule has 2 rings (SSSR count). The summed E-state index contributed by atoms with van der Waals surface area (Å²) in [6, 6.07) is 15.1. The highest BCUT2D eigenvalue weighted by Gasteiger charge is 2.07. The Bertz CT molecular complexity index is 655. The van der Waals surface area contributed by atoms with Crippen LogP contribution in [0.4, 0.5) is 16.2 Å². The number of anilines is 2. The van der Waals surface area contributed by atoms with Crippen LogP contribution in [0.3, 0.4) is 0 Å². The first-order valence-corrected chi connectivity index (χ1v) is 8.22. The van der Waals surface area contributed by atoms with Crippen LogP contribution in [-0.2, 0) is 0 Å². The van der Waals surface area contributed by atoms with Crippen molar-refractivity contribution < 1.29 is 9.53 Å². The summed E-state index contributed by atoms with van der Waals surface area (Å²) in [5, 5.41) is 5.53. The van der Waals surface area contributed by atoms with Crippen LogP contribution in [0.25, 0.3) is 0 Å². The van der Waals surface area contributed by atoms with Crippen LogP contribution in [0.15, 0.2) is 48.5 Å². The van der Waals surface area contributed by atoms with Gasteiger partial charge in [-0.1, -0.05) is 18.2 Å². The first kappa shape index (κ1) is 17.7.